The highest BCUT2D eigenvalue weighted by Gasteiger charge is 2.13. The minimum absolute atomic E-state index is 2.90. The minimum atomic E-state index is -4.94. The minimum Gasteiger partial charge on any atom is -0.262 e. The van der Waals surface area contributed by atoms with Gasteiger partial charge in [-0.25, -0.2) is 0 Å². The van der Waals surface area contributed by atoms with E-state index in [4.69, 9.17) is 4.55 Å². The van der Waals surface area contributed by atoms with Crippen molar-refractivity contribution >= 4 is 30.4 Å². The molecular formula is HClO7S2. The van der Waals surface area contributed by atoms with Crippen LogP contribution in [0.15, 0.2) is 0 Å². The van der Waals surface area contributed by atoms with Gasteiger partial charge in [0.1, 0.15) is 0 Å². The van der Waals surface area contributed by atoms with E-state index in [0.29, 0.717) is 0 Å². The Morgan fingerprint density at radius 1 is 1.10 bits per heavy atom. The van der Waals surface area contributed by atoms with Crippen LogP contribution in [0.4, 0.5) is 0 Å². The average molecular weight is 213 g/mol. The summed E-state index contributed by atoms with van der Waals surface area (Å²) in [5, 5.41) is 0. The van der Waals surface area contributed by atoms with Crippen LogP contribution < -0.4 is 0 Å². The Kier molecular flexibility index (Phi) is 3.00. The van der Waals surface area contributed by atoms with Crippen molar-refractivity contribution in [3.8, 4) is 0 Å². The summed E-state index contributed by atoms with van der Waals surface area (Å²) in [6.07, 6.45) is 0. The molecule has 0 spiro atoms. The van der Waals surface area contributed by atoms with Crippen LogP contribution in [-0.2, 0) is 28.4 Å². The van der Waals surface area contributed by atoms with E-state index in [-0.39, 0.29) is 0 Å². The molecule has 1 N–H and O–H groups in total. The normalized spacial score (nSPS) is 13.4. The summed E-state index contributed by atoms with van der Waals surface area (Å²) < 4.78 is 52.1. The lowest BCUT2D eigenvalue weighted by Crippen LogP contribution is -2.06. The van der Waals surface area contributed by atoms with Gasteiger partial charge in [0.25, 0.3) is 0 Å². The Labute approximate surface area is 61.0 Å². The molecule has 0 aromatic heterocycles. The summed E-state index contributed by atoms with van der Waals surface area (Å²) in [6, 6.07) is 0. The first-order chi connectivity index (χ1) is 4.21. The van der Waals surface area contributed by atoms with Crippen molar-refractivity contribution in [1.29, 1.82) is 0 Å². The quantitative estimate of drug-likeness (QED) is 0.283. The molecule has 10 heteroatoms. The topological polar surface area (TPSA) is 107 Å². The fourth-order valence-electron chi connectivity index (χ4n) is 0.0683. The van der Waals surface area contributed by atoms with Gasteiger partial charge in [-0.2, -0.15) is 16.8 Å². The van der Waals surface area contributed by atoms with E-state index in [2.05, 4.69) is 19.3 Å². The molecule has 0 saturated carbocycles. The molecule has 0 aliphatic carbocycles. The van der Waals surface area contributed by atoms with Crippen molar-refractivity contribution < 1.29 is 30.1 Å². The van der Waals surface area contributed by atoms with E-state index in [1.165, 1.54) is 0 Å². The third-order valence-corrected chi connectivity index (χ3v) is 0.906. The lowest BCUT2D eigenvalue weighted by molar-refractivity contribution is -0.0920. The van der Waals surface area contributed by atoms with Crippen molar-refractivity contribution in [2.75, 3.05) is 0 Å². The van der Waals surface area contributed by atoms with E-state index in [9.17, 15) is 16.8 Å². The molecule has 0 aromatic rings. The standard InChI is InChI=1S/ClHO7S2/c1-9(2,3)7-8-10(4,5)6/h(H,4,5,6). The smallest absolute Gasteiger partial charge is 0.262 e. The third-order valence-electron chi connectivity index (χ3n) is 0.195. The van der Waals surface area contributed by atoms with Crippen LogP contribution in [0, 0.1) is 0 Å². The zero-order valence-corrected chi connectivity index (χ0v) is 6.48. The van der Waals surface area contributed by atoms with E-state index in [0.717, 1.165) is 0 Å². The highest BCUT2D eigenvalue weighted by molar-refractivity contribution is 8.10. The Morgan fingerprint density at radius 2 is 1.50 bits per heavy atom. The SMILES string of the molecule is O=S(=O)(O)OOS(=O)(=O)Cl. The van der Waals surface area contributed by atoms with Gasteiger partial charge in [0.2, 0.25) is 0 Å². The third kappa shape index (κ3) is 8.07. The van der Waals surface area contributed by atoms with Gasteiger partial charge in [0.15, 0.2) is 0 Å². The van der Waals surface area contributed by atoms with Crippen molar-refractivity contribution in [1.82, 2.24) is 0 Å². The second kappa shape index (κ2) is 2.98. The van der Waals surface area contributed by atoms with Crippen LogP contribution in [-0.4, -0.2) is 21.4 Å². The summed E-state index contributed by atoms with van der Waals surface area (Å²) >= 11 is 0. The molecule has 10 heavy (non-hydrogen) atoms. The first-order valence-corrected chi connectivity index (χ1v) is 5.10. The number of hydrogen-bond acceptors (Lipinski definition) is 6. The molecule has 0 radical (unpaired) electrons. The maximum atomic E-state index is 9.72. The molecule has 0 aliphatic rings. The first kappa shape index (κ1) is 10.1. The van der Waals surface area contributed by atoms with Gasteiger partial charge in [0, 0.05) is 0 Å². The van der Waals surface area contributed by atoms with E-state index in [1.807, 2.05) is 0 Å². The van der Waals surface area contributed by atoms with Gasteiger partial charge in [-0.15, -0.1) is 0 Å². The van der Waals surface area contributed by atoms with Gasteiger partial charge in [0.05, 0.1) is 10.7 Å². The average Bonchev–Trinajstić information content (AvgIpc) is 1.57. The maximum Gasteiger partial charge on any atom is 0.425 e. The molecule has 0 heterocycles. The maximum absolute atomic E-state index is 9.72. The van der Waals surface area contributed by atoms with Crippen molar-refractivity contribution in [3.05, 3.63) is 0 Å². The molecule has 0 fully saturated rings. The highest BCUT2D eigenvalue weighted by Crippen LogP contribution is 2.01. The van der Waals surface area contributed by atoms with Crippen LogP contribution >= 0.6 is 10.7 Å². The largest absolute Gasteiger partial charge is 0.425 e. The Morgan fingerprint density at radius 3 is 1.60 bits per heavy atom. The van der Waals surface area contributed by atoms with Crippen LogP contribution in [0.2, 0.25) is 0 Å². The van der Waals surface area contributed by atoms with E-state index in [1.54, 1.807) is 0 Å². The number of halogens is 1. The molecular weight excluding hydrogens is 212 g/mol. The van der Waals surface area contributed by atoms with E-state index >= 15 is 0 Å². The molecule has 7 nitrogen and oxygen atoms in total. The summed E-state index contributed by atoms with van der Waals surface area (Å²) in [5.41, 5.74) is 0. The number of rotatable bonds is 3. The summed E-state index contributed by atoms with van der Waals surface area (Å²) in [5.74, 6) is 0. The fraction of sp³-hybridized carbons (Fsp3) is 0. The van der Waals surface area contributed by atoms with Gasteiger partial charge < -0.3 is 0 Å². The van der Waals surface area contributed by atoms with E-state index < -0.39 is 19.7 Å². The molecule has 0 amide bonds. The first-order valence-electron chi connectivity index (χ1n) is 1.50. The number of hydrogen-bond donors (Lipinski definition) is 1. The van der Waals surface area contributed by atoms with Gasteiger partial charge in [-0.1, -0.05) is 8.67 Å². The Bertz CT molecular complexity index is 248. The predicted molar refractivity (Wildman–Crippen MR) is 28.5 cm³/mol. The molecule has 0 rings (SSSR count). The van der Waals surface area contributed by atoms with Crippen molar-refractivity contribution in [3.63, 3.8) is 0 Å². The Hall–Kier alpha value is 0.0700. The molecule has 0 saturated heterocycles. The molecule has 62 valence electrons. The zero-order valence-electron chi connectivity index (χ0n) is 4.09. The fourth-order valence-corrected chi connectivity index (χ4v) is 0.804. The molecule has 0 bridgehead atoms. The molecule has 0 aromatic carbocycles. The second-order valence-electron chi connectivity index (χ2n) is 0.957. The van der Waals surface area contributed by atoms with Crippen LogP contribution in [0.3, 0.4) is 0 Å². The second-order valence-corrected chi connectivity index (χ2v) is 4.00. The zero-order chi connectivity index (χ0) is 8.41. The summed E-state index contributed by atoms with van der Waals surface area (Å²) in [7, 11) is -5.20. The van der Waals surface area contributed by atoms with Crippen molar-refractivity contribution in [2.45, 2.75) is 0 Å². The predicted octanol–water partition coefficient (Wildman–Crippen LogP) is -0.779. The lowest BCUT2D eigenvalue weighted by Gasteiger charge is -1.91. The monoisotopic (exact) mass is 212 g/mol. The van der Waals surface area contributed by atoms with Gasteiger partial charge in [-0.3, -0.25) is 4.55 Å². The molecule has 0 aliphatic heterocycles. The summed E-state index contributed by atoms with van der Waals surface area (Å²) in [4.78, 5) is 0. The Balaban J connectivity index is 4.05. The van der Waals surface area contributed by atoms with Gasteiger partial charge in [-0.05, 0) is 0 Å². The highest BCUT2D eigenvalue weighted by atomic mass is 35.7. The lowest BCUT2D eigenvalue weighted by atomic mass is 14.9. The molecule has 0 unspecified atom stereocenters. The van der Waals surface area contributed by atoms with Crippen LogP contribution in [0.5, 0.6) is 0 Å². The van der Waals surface area contributed by atoms with Crippen LogP contribution in [0.1, 0.15) is 0 Å². The summed E-state index contributed by atoms with van der Waals surface area (Å²) in [6.45, 7) is 0. The van der Waals surface area contributed by atoms with Crippen molar-refractivity contribution in [2.24, 2.45) is 0 Å². The van der Waals surface area contributed by atoms with Gasteiger partial charge >= 0.3 is 19.7 Å². The van der Waals surface area contributed by atoms with Crippen LogP contribution in [0.25, 0.3) is 0 Å². The molecule has 0 atom stereocenters.